The third-order valence-corrected chi connectivity index (χ3v) is 5.24. The minimum Gasteiger partial charge on any atom is -0.377 e. The summed E-state index contributed by atoms with van der Waals surface area (Å²) in [6, 6.07) is 0.350. The van der Waals surface area contributed by atoms with E-state index in [0.717, 1.165) is 32.1 Å². The number of hydrogen-bond donors (Lipinski definition) is 1. The molecule has 0 radical (unpaired) electrons. The van der Waals surface area contributed by atoms with E-state index >= 15 is 0 Å². The van der Waals surface area contributed by atoms with Crippen LogP contribution in [0, 0.1) is 11.3 Å². The van der Waals surface area contributed by atoms with Crippen molar-refractivity contribution in [3.8, 4) is 0 Å². The van der Waals surface area contributed by atoms with E-state index in [9.17, 15) is 0 Å². The largest absolute Gasteiger partial charge is 0.377 e. The van der Waals surface area contributed by atoms with Gasteiger partial charge in [0, 0.05) is 31.0 Å². The van der Waals surface area contributed by atoms with Crippen molar-refractivity contribution < 1.29 is 4.74 Å². The Hall–Kier alpha value is -0.0400. The summed E-state index contributed by atoms with van der Waals surface area (Å²) in [5.41, 5.74) is 6.42. The van der Waals surface area contributed by atoms with Crippen LogP contribution in [-0.2, 0) is 4.74 Å². The van der Waals surface area contributed by atoms with Crippen LogP contribution in [0.15, 0.2) is 4.99 Å². The maximum atomic E-state index is 6.27. The molecule has 0 bridgehead atoms. The first-order chi connectivity index (χ1) is 9.10. The van der Waals surface area contributed by atoms with Gasteiger partial charge in [-0.15, -0.1) is 24.0 Å². The molecular formula is C15H28IN3O. The fourth-order valence-corrected chi connectivity index (χ4v) is 4.08. The monoisotopic (exact) mass is 393 g/mol. The van der Waals surface area contributed by atoms with E-state index in [0.29, 0.717) is 18.1 Å². The molecule has 116 valence electrons. The van der Waals surface area contributed by atoms with E-state index in [1.54, 1.807) is 0 Å². The lowest BCUT2D eigenvalue weighted by Crippen LogP contribution is -2.60. The third kappa shape index (κ3) is 2.80. The van der Waals surface area contributed by atoms with E-state index in [2.05, 4.69) is 18.7 Å². The van der Waals surface area contributed by atoms with Crippen molar-refractivity contribution in [3.05, 3.63) is 0 Å². The molecule has 3 unspecified atom stereocenters. The summed E-state index contributed by atoms with van der Waals surface area (Å²) in [5, 5.41) is 0. The van der Waals surface area contributed by atoms with Crippen molar-refractivity contribution in [2.45, 2.75) is 58.1 Å². The van der Waals surface area contributed by atoms with Crippen molar-refractivity contribution in [1.82, 2.24) is 4.90 Å². The summed E-state index contributed by atoms with van der Waals surface area (Å²) in [6.07, 6.45) is 6.71. The molecule has 2 heterocycles. The predicted molar refractivity (Wildman–Crippen MR) is 92.5 cm³/mol. The Labute approximate surface area is 139 Å². The van der Waals surface area contributed by atoms with E-state index in [1.165, 1.54) is 25.7 Å². The molecule has 2 aliphatic heterocycles. The summed E-state index contributed by atoms with van der Waals surface area (Å²) >= 11 is 0. The molecule has 0 aromatic carbocycles. The predicted octanol–water partition coefficient (Wildman–Crippen LogP) is 2.61. The van der Waals surface area contributed by atoms with Crippen molar-refractivity contribution in [2.24, 2.45) is 22.1 Å². The van der Waals surface area contributed by atoms with Crippen LogP contribution in [0.1, 0.15) is 46.0 Å². The van der Waals surface area contributed by atoms with Crippen molar-refractivity contribution in [1.29, 1.82) is 0 Å². The Kier molecular flexibility index (Phi) is 5.21. The zero-order chi connectivity index (χ0) is 13.5. The molecule has 5 heteroatoms. The molecule has 0 aromatic heterocycles. The molecule has 3 atom stereocenters. The Morgan fingerprint density at radius 3 is 2.50 bits per heavy atom. The quantitative estimate of drug-likeness (QED) is 0.423. The highest BCUT2D eigenvalue weighted by atomic mass is 127. The number of rotatable bonds is 1. The summed E-state index contributed by atoms with van der Waals surface area (Å²) in [6.45, 7) is 7.58. The number of fused-ring (bicyclic) bond motifs is 1. The summed E-state index contributed by atoms with van der Waals surface area (Å²) in [7, 11) is 0. The normalized spacial score (nSPS) is 36.6. The smallest absolute Gasteiger partial charge is 0.191 e. The minimum atomic E-state index is 0. The highest BCUT2D eigenvalue weighted by Crippen LogP contribution is 2.53. The van der Waals surface area contributed by atoms with Crippen molar-refractivity contribution >= 4 is 29.9 Å². The first-order valence-electron chi connectivity index (χ1n) is 7.80. The van der Waals surface area contributed by atoms with Gasteiger partial charge in [-0.1, -0.05) is 26.7 Å². The maximum Gasteiger partial charge on any atom is 0.191 e. The van der Waals surface area contributed by atoms with Crippen LogP contribution in [-0.4, -0.2) is 42.7 Å². The van der Waals surface area contributed by atoms with Gasteiger partial charge in [-0.25, -0.2) is 4.99 Å². The Morgan fingerprint density at radius 2 is 1.85 bits per heavy atom. The number of nitrogens with two attached hydrogens (primary N) is 1. The second-order valence-electron chi connectivity index (χ2n) is 6.90. The third-order valence-electron chi connectivity index (χ3n) is 5.24. The molecule has 3 aliphatic rings. The van der Waals surface area contributed by atoms with Gasteiger partial charge in [0.2, 0.25) is 0 Å². The Bertz CT molecular complexity index is 364. The molecule has 2 saturated heterocycles. The molecule has 3 rings (SSSR count). The summed E-state index contributed by atoms with van der Waals surface area (Å²) in [4.78, 5) is 7.17. The maximum absolute atomic E-state index is 6.27. The SMILES string of the molecule is CC1(C)C(N=C(N)N2CCCCCC2)C2CCOC21.I. The molecule has 0 aromatic rings. The van der Waals surface area contributed by atoms with E-state index in [4.69, 9.17) is 15.5 Å². The average Bonchev–Trinajstić information content (AvgIpc) is 2.66. The van der Waals surface area contributed by atoms with Gasteiger partial charge in [0.15, 0.2) is 5.96 Å². The van der Waals surface area contributed by atoms with Crippen LogP contribution in [0.4, 0.5) is 0 Å². The molecule has 4 nitrogen and oxygen atoms in total. The molecule has 0 spiro atoms. The van der Waals surface area contributed by atoms with E-state index < -0.39 is 0 Å². The van der Waals surface area contributed by atoms with Crippen LogP contribution in [0.3, 0.4) is 0 Å². The van der Waals surface area contributed by atoms with Crippen LogP contribution in [0.5, 0.6) is 0 Å². The lowest BCUT2D eigenvalue weighted by molar-refractivity contribution is -0.0988. The van der Waals surface area contributed by atoms with Gasteiger partial charge in [-0.3, -0.25) is 0 Å². The topological polar surface area (TPSA) is 50.8 Å². The van der Waals surface area contributed by atoms with Gasteiger partial charge >= 0.3 is 0 Å². The molecular weight excluding hydrogens is 365 g/mol. The van der Waals surface area contributed by atoms with Crippen LogP contribution >= 0.6 is 24.0 Å². The molecule has 20 heavy (non-hydrogen) atoms. The van der Waals surface area contributed by atoms with Crippen LogP contribution in [0.2, 0.25) is 0 Å². The minimum absolute atomic E-state index is 0. The number of halogens is 1. The number of hydrogen-bond acceptors (Lipinski definition) is 2. The van der Waals surface area contributed by atoms with Gasteiger partial charge in [0.1, 0.15) is 0 Å². The van der Waals surface area contributed by atoms with Gasteiger partial charge in [-0.05, 0) is 19.3 Å². The average molecular weight is 393 g/mol. The van der Waals surface area contributed by atoms with Crippen molar-refractivity contribution in [2.75, 3.05) is 19.7 Å². The standard InChI is InChI=1S/C15H27N3O.HI/c1-15(2)12(11-7-10-19-13(11)15)17-14(16)18-8-5-3-4-6-9-18;/h11-13H,3-10H2,1-2H3,(H2,16,17);1H. The molecule has 1 aliphatic carbocycles. The Morgan fingerprint density at radius 1 is 1.20 bits per heavy atom. The molecule has 1 saturated carbocycles. The van der Waals surface area contributed by atoms with Crippen molar-refractivity contribution in [3.63, 3.8) is 0 Å². The number of aliphatic imine (C=N–C) groups is 1. The van der Waals surface area contributed by atoms with Gasteiger partial charge < -0.3 is 15.4 Å². The number of ether oxygens (including phenoxy) is 1. The number of nitrogens with zero attached hydrogens (tertiary/aromatic N) is 2. The summed E-state index contributed by atoms with van der Waals surface area (Å²) < 4.78 is 5.82. The second-order valence-corrected chi connectivity index (χ2v) is 6.90. The van der Waals surface area contributed by atoms with Crippen LogP contribution in [0.25, 0.3) is 0 Å². The lowest BCUT2D eigenvalue weighted by atomic mass is 9.57. The van der Waals surface area contributed by atoms with Gasteiger partial charge in [0.05, 0.1) is 12.1 Å². The summed E-state index contributed by atoms with van der Waals surface area (Å²) in [5.74, 6) is 1.37. The number of likely N-dealkylation sites (tertiary alicyclic amines) is 1. The zero-order valence-corrected chi connectivity index (χ0v) is 15.0. The zero-order valence-electron chi connectivity index (χ0n) is 12.7. The molecule has 0 amide bonds. The number of guanidine groups is 1. The first-order valence-corrected chi connectivity index (χ1v) is 7.80. The Balaban J connectivity index is 0.00000147. The lowest BCUT2D eigenvalue weighted by Gasteiger charge is -2.52. The fraction of sp³-hybridized carbons (Fsp3) is 0.933. The van der Waals surface area contributed by atoms with Gasteiger partial charge in [0.25, 0.3) is 0 Å². The highest BCUT2D eigenvalue weighted by Gasteiger charge is 2.59. The molecule has 2 N–H and O–H groups in total. The first kappa shape index (κ1) is 16.3. The second kappa shape index (κ2) is 6.38. The van der Waals surface area contributed by atoms with E-state index in [1.807, 2.05) is 0 Å². The van der Waals surface area contributed by atoms with Crippen LogP contribution < -0.4 is 5.73 Å². The molecule has 3 fully saturated rings. The van der Waals surface area contributed by atoms with Gasteiger partial charge in [-0.2, -0.15) is 0 Å². The van der Waals surface area contributed by atoms with E-state index in [-0.39, 0.29) is 29.4 Å². The fourth-order valence-electron chi connectivity index (χ4n) is 4.08. The highest BCUT2D eigenvalue weighted by molar-refractivity contribution is 14.0.